The predicted octanol–water partition coefficient (Wildman–Crippen LogP) is 1.33. The van der Waals surface area contributed by atoms with Gasteiger partial charge >= 0.3 is 0 Å². The predicted molar refractivity (Wildman–Crippen MR) is 91.7 cm³/mol. The Balaban J connectivity index is 1.71. The van der Waals surface area contributed by atoms with Crippen LogP contribution in [-0.2, 0) is 10.0 Å². The van der Waals surface area contributed by atoms with Crippen LogP contribution < -0.4 is 9.57 Å². The highest BCUT2D eigenvalue weighted by molar-refractivity contribution is 7.89. The molecule has 0 radical (unpaired) electrons. The molecule has 1 heterocycles. The van der Waals surface area contributed by atoms with E-state index in [1.165, 1.54) is 38.4 Å². The molecule has 0 saturated carbocycles. The summed E-state index contributed by atoms with van der Waals surface area (Å²) in [6.07, 6.45) is 0. The molecule has 0 spiro atoms. The molecule has 0 N–H and O–H groups in total. The fourth-order valence-electron chi connectivity index (χ4n) is 2.18. The molecular formula is C16H17FN4O4S. The number of fused-ring (bicyclic) bond motifs is 1. The van der Waals surface area contributed by atoms with Crippen LogP contribution in [0.5, 0.6) is 5.75 Å². The van der Waals surface area contributed by atoms with Crippen molar-refractivity contribution in [3.05, 3.63) is 48.3 Å². The number of hydrogen-bond donors (Lipinski definition) is 0. The molecule has 0 aliphatic heterocycles. The van der Waals surface area contributed by atoms with E-state index in [1.807, 2.05) is 0 Å². The van der Waals surface area contributed by atoms with Crippen molar-refractivity contribution in [1.29, 1.82) is 0 Å². The van der Waals surface area contributed by atoms with Gasteiger partial charge in [0.1, 0.15) is 17.6 Å². The number of aromatic nitrogens is 3. The Morgan fingerprint density at radius 1 is 1.15 bits per heavy atom. The van der Waals surface area contributed by atoms with Crippen LogP contribution in [0.25, 0.3) is 11.0 Å². The number of para-hydroxylation sites is 1. The van der Waals surface area contributed by atoms with Crippen molar-refractivity contribution < 1.29 is 22.4 Å². The first-order valence-electron chi connectivity index (χ1n) is 7.68. The number of sulfonamides is 1. The van der Waals surface area contributed by atoms with Crippen LogP contribution in [0, 0.1) is 5.82 Å². The first kappa shape index (κ1) is 18.1. The van der Waals surface area contributed by atoms with Crippen LogP contribution in [0.4, 0.5) is 4.39 Å². The van der Waals surface area contributed by atoms with Crippen molar-refractivity contribution in [2.45, 2.75) is 4.90 Å². The number of benzene rings is 2. The van der Waals surface area contributed by atoms with E-state index < -0.39 is 15.8 Å². The van der Waals surface area contributed by atoms with E-state index in [1.54, 1.807) is 18.2 Å². The number of nitrogens with zero attached hydrogens (tertiary/aromatic N) is 4. The van der Waals surface area contributed by atoms with Gasteiger partial charge in [-0.15, -0.1) is 5.10 Å². The number of hydrogen-bond acceptors (Lipinski definition) is 6. The van der Waals surface area contributed by atoms with Crippen molar-refractivity contribution in [3.8, 4) is 5.75 Å². The summed E-state index contributed by atoms with van der Waals surface area (Å²) in [7, 11) is -0.686. The van der Waals surface area contributed by atoms with E-state index in [0.29, 0.717) is 11.0 Å². The van der Waals surface area contributed by atoms with Gasteiger partial charge in [-0.3, -0.25) is 0 Å². The summed E-state index contributed by atoms with van der Waals surface area (Å²) in [5.74, 6) is -0.337. The standard InChI is InChI=1S/C16H17FN4O4S/c1-20(2)26(22,23)12-7-8-14-15(11-12)21(19-18-14)25-10-9-24-16-6-4-3-5-13(16)17/h3-8,11H,9-10H2,1-2H3. The third kappa shape index (κ3) is 3.60. The molecule has 0 saturated heterocycles. The largest absolute Gasteiger partial charge is 0.487 e. The van der Waals surface area contributed by atoms with E-state index in [2.05, 4.69) is 10.3 Å². The summed E-state index contributed by atoms with van der Waals surface area (Å²) in [5, 5.41) is 7.75. The van der Waals surface area contributed by atoms with Crippen molar-refractivity contribution >= 4 is 21.1 Å². The smallest absolute Gasteiger partial charge is 0.242 e. The zero-order valence-corrected chi connectivity index (χ0v) is 15.0. The van der Waals surface area contributed by atoms with Crippen molar-refractivity contribution in [1.82, 2.24) is 19.5 Å². The Morgan fingerprint density at radius 3 is 2.65 bits per heavy atom. The molecule has 138 valence electrons. The van der Waals surface area contributed by atoms with Crippen LogP contribution in [-0.4, -0.2) is 55.2 Å². The van der Waals surface area contributed by atoms with E-state index in [-0.39, 0.29) is 23.9 Å². The van der Waals surface area contributed by atoms with Crippen LogP contribution in [0.3, 0.4) is 0 Å². The molecule has 3 rings (SSSR count). The van der Waals surface area contributed by atoms with Crippen molar-refractivity contribution in [2.75, 3.05) is 27.3 Å². The zero-order chi connectivity index (χ0) is 18.7. The Kier molecular flexibility index (Phi) is 5.05. The molecule has 0 fully saturated rings. The van der Waals surface area contributed by atoms with Gasteiger partial charge in [0.25, 0.3) is 0 Å². The van der Waals surface area contributed by atoms with Crippen LogP contribution in [0.1, 0.15) is 0 Å². The van der Waals surface area contributed by atoms with Crippen LogP contribution in [0.2, 0.25) is 0 Å². The molecule has 0 aliphatic carbocycles. The Morgan fingerprint density at radius 2 is 1.92 bits per heavy atom. The van der Waals surface area contributed by atoms with E-state index in [9.17, 15) is 12.8 Å². The average molecular weight is 380 g/mol. The van der Waals surface area contributed by atoms with Crippen molar-refractivity contribution in [2.24, 2.45) is 0 Å². The van der Waals surface area contributed by atoms with Crippen LogP contribution in [0.15, 0.2) is 47.4 Å². The normalized spacial score (nSPS) is 11.8. The molecule has 8 nitrogen and oxygen atoms in total. The lowest BCUT2D eigenvalue weighted by atomic mass is 10.3. The average Bonchev–Trinajstić information content (AvgIpc) is 3.02. The molecule has 0 unspecified atom stereocenters. The van der Waals surface area contributed by atoms with E-state index >= 15 is 0 Å². The minimum absolute atomic E-state index is 0.0669. The molecule has 1 aromatic heterocycles. The molecule has 0 aliphatic rings. The highest BCUT2D eigenvalue weighted by Gasteiger charge is 2.19. The quantitative estimate of drug-likeness (QED) is 0.575. The highest BCUT2D eigenvalue weighted by atomic mass is 32.2. The molecule has 0 bridgehead atoms. The summed E-state index contributed by atoms with van der Waals surface area (Å²) in [6, 6.07) is 10.5. The van der Waals surface area contributed by atoms with E-state index in [0.717, 1.165) is 9.15 Å². The van der Waals surface area contributed by atoms with Crippen LogP contribution >= 0.6 is 0 Å². The highest BCUT2D eigenvalue weighted by Crippen LogP contribution is 2.19. The summed E-state index contributed by atoms with van der Waals surface area (Å²) in [5.41, 5.74) is 0.886. The van der Waals surface area contributed by atoms with Gasteiger partial charge in [0, 0.05) is 14.1 Å². The third-order valence-corrected chi connectivity index (χ3v) is 5.37. The van der Waals surface area contributed by atoms with Gasteiger partial charge in [-0.1, -0.05) is 17.0 Å². The summed E-state index contributed by atoms with van der Waals surface area (Å²) in [6.45, 7) is 0.148. The fourth-order valence-corrected chi connectivity index (χ4v) is 3.10. The third-order valence-electron chi connectivity index (χ3n) is 3.56. The Hall–Kier alpha value is -2.72. The molecule has 26 heavy (non-hydrogen) atoms. The zero-order valence-electron chi connectivity index (χ0n) is 14.2. The first-order chi connectivity index (χ1) is 12.4. The van der Waals surface area contributed by atoms with Gasteiger partial charge < -0.3 is 9.57 Å². The monoisotopic (exact) mass is 380 g/mol. The second-order valence-electron chi connectivity index (χ2n) is 5.51. The van der Waals surface area contributed by atoms with E-state index in [4.69, 9.17) is 9.57 Å². The lowest BCUT2D eigenvalue weighted by Gasteiger charge is -2.11. The summed E-state index contributed by atoms with van der Waals surface area (Å²) < 4.78 is 44.3. The second kappa shape index (κ2) is 7.26. The minimum atomic E-state index is -3.59. The van der Waals surface area contributed by atoms with Gasteiger partial charge in [-0.25, -0.2) is 17.1 Å². The summed E-state index contributed by atoms with van der Waals surface area (Å²) >= 11 is 0. The fraction of sp³-hybridized carbons (Fsp3) is 0.250. The SMILES string of the molecule is CN(C)S(=O)(=O)c1ccc2nnn(OCCOc3ccccc3F)c2c1. The lowest BCUT2D eigenvalue weighted by Crippen LogP contribution is -2.22. The summed E-state index contributed by atoms with van der Waals surface area (Å²) in [4.78, 5) is 6.66. The second-order valence-corrected chi connectivity index (χ2v) is 7.66. The first-order valence-corrected chi connectivity index (χ1v) is 9.12. The van der Waals surface area contributed by atoms with Gasteiger partial charge in [0.05, 0.1) is 4.90 Å². The number of halogens is 1. The molecular weight excluding hydrogens is 363 g/mol. The number of ether oxygens (including phenoxy) is 1. The molecule has 3 aromatic rings. The maximum atomic E-state index is 13.5. The lowest BCUT2D eigenvalue weighted by molar-refractivity contribution is 0.0631. The van der Waals surface area contributed by atoms with Gasteiger partial charge in [-0.05, 0) is 35.5 Å². The number of rotatable bonds is 7. The Labute approximate surface area is 149 Å². The maximum Gasteiger partial charge on any atom is 0.242 e. The molecule has 2 aromatic carbocycles. The van der Waals surface area contributed by atoms with Gasteiger partial charge in [0.15, 0.2) is 18.2 Å². The minimum Gasteiger partial charge on any atom is -0.487 e. The molecule has 0 atom stereocenters. The Bertz CT molecular complexity index is 1020. The maximum absolute atomic E-state index is 13.5. The van der Waals surface area contributed by atoms with Crippen molar-refractivity contribution in [3.63, 3.8) is 0 Å². The topological polar surface area (TPSA) is 86.6 Å². The van der Waals surface area contributed by atoms with Gasteiger partial charge in [-0.2, -0.15) is 0 Å². The van der Waals surface area contributed by atoms with Gasteiger partial charge in [0.2, 0.25) is 10.0 Å². The molecule has 10 heteroatoms. The molecule has 0 amide bonds.